The molecule has 0 spiro atoms. The van der Waals surface area contributed by atoms with Crippen LogP contribution in [0.2, 0.25) is 0 Å². The number of aromatic nitrogens is 1. The quantitative estimate of drug-likeness (QED) is 0.886. The summed E-state index contributed by atoms with van der Waals surface area (Å²) in [5.41, 5.74) is 1.17. The fourth-order valence-electron chi connectivity index (χ4n) is 2.85. The molecule has 2 heterocycles. The summed E-state index contributed by atoms with van der Waals surface area (Å²) in [7, 11) is 0. The first-order valence-electron chi connectivity index (χ1n) is 7.45. The lowest BCUT2D eigenvalue weighted by Gasteiger charge is -2.16. The van der Waals surface area contributed by atoms with Crippen LogP contribution in [0.5, 0.6) is 5.75 Å². The minimum atomic E-state index is 0.347. The molecule has 21 heavy (non-hydrogen) atoms. The Bertz CT molecular complexity index is 573. The molecule has 1 fully saturated rings. The van der Waals surface area contributed by atoms with Gasteiger partial charge in [0.05, 0.1) is 0 Å². The maximum absolute atomic E-state index is 9.51. The lowest BCUT2D eigenvalue weighted by Crippen LogP contribution is -2.22. The molecule has 1 aliphatic heterocycles. The van der Waals surface area contributed by atoms with E-state index < -0.39 is 0 Å². The molecule has 1 aromatic carbocycles. The number of likely N-dealkylation sites (tertiary alicyclic amines) is 1. The molecule has 0 aliphatic carbocycles. The number of anilines is 1. The van der Waals surface area contributed by atoms with Crippen LogP contribution in [0.1, 0.15) is 12.0 Å². The number of hydrogen-bond acceptors (Lipinski definition) is 4. The first-order valence-corrected chi connectivity index (χ1v) is 7.45. The zero-order valence-corrected chi connectivity index (χ0v) is 12.1. The van der Waals surface area contributed by atoms with Gasteiger partial charge in [0.1, 0.15) is 11.6 Å². The number of rotatable bonds is 5. The van der Waals surface area contributed by atoms with Crippen LogP contribution >= 0.6 is 0 Å². The molecule has 2 aromatic rings. The van der Waals surface area contributed by atoms with E-state index in [4.69, 9.17) is 0 Å². The van der Waals surface area contributed by atoms with Gasteiger partial charge in [-0.05, 0) is 48.7 Å². The van der Waals surface area contributed by atoms with Crippen molar-refractivity contribution >= 4 is 5.82 Å². The van der Waals surface area contributed by atoms with Gasteiger partial charge in [0.25, 0.3) is 0 Å². The lowest BCUT2D eigenvalue weighted by molar-refractivity contribution is 0.318. The molecule has 4 nitrogen and oxygen atoms in total. The highest BCUT2D eigenvalue weighted by Gasteiger charge is 2.22. The third-order valence-electron chi connectivity index (χ3n) is 3.92. The first-order chi connectivity index (χ1) is 10.3. The summed E-state index contributed by atoms with van der Waals surface area (Å²) in [5.74, 6) is 1.95. The topological polar surface area (TPSA) is 48.4 Å². The molecule has 4 heteroatoms. The molecule has 3 rings (SSSR count). The van der Waals surface area contributed by atoms with Gasteiger partial charge in [0, 0.05) is 25.8 Å². The highest BCUT2D eigenvalue weighted by atomic mass is 16.3. The second-order valence-electron chi connectivity index (χ2n) is 5.66. The zero-order chi connectivity index (χ0) is 14.5. The number of pyridine rings is 1. The van der Waals surface area contributed by atoms with Gasteiger partial charge >= 0.3 is 0 Å². The Kier molecular flexibility index (Phi) is 4.36. The summed E-state index contributed by atoms with van der Waals surface area (Å²) < 4.78 is 0. The van der Waals surface area contributed by atoms with Crippen molar-refractivity contribution < 1.29 is 5.11 Å². The maximum Gasteiger partial charge on any atom is 0.125 e. The van der Waals surface area contributed by atoms with Crippen LogP contribution in [-0.2, 0) is 6.54 Å². The third-order valence-corrected chi connectivity index (χ3v) is 3.92. The molecular formula is C17H21N3O. The molecule has 0 bridgehead atoms. The van der Waals surface area contributed by atoms with Crippen molar-refractivity contribution in [1.29, 1.82) is 0 Å². The number of hydrogen-bond donors (Lipinski definition) is 2. The minimum absolute atomic E-state index is 0.347. The van der Waals surface area contributed by atoms with Crippen molar-refractivity contribution in [3.63, 3.8) is 0 Å². The van der Waals surface area contributed by atoms with Crippen molar-refractivity contribution in [3.05, 3.63) is 54.2 Å². The van der Waals surface area contributed by atoms with E-state index in [1.54, 1.807) is 6.07 Å². The van der Waals surface area contributed by atoms with E-state index in [0.717, 1.165) is 32.0 Å². The van der Waals surface area contributed by atoms with Gasteiger partial charge in [0.2, 0.25) is 0 Å². The average Bonchev–Trinajstić information content (AvgIpc) is 2.94. The Balaban J connectivity index is 1.47. The highest BCUT2D eigenvalue weighted by Crippen LogP contribution is 2.20. The largest absolute Gasteiger partial charge is 0.508 e. The predicted octanol–water partition coefficient (Wildman–Crippen LogP) is 2.72. The van der Waals surface area contributed by atoms with E-state index in [2.05, 4.69) is 21.3 Å². The summed E-state index contributed by atoms with van der Waals surface area (Å²) >= 11 is 0. The van der Waals surface area contributed by atoms with Crippen LogP contribution in [-0.4, -0.2) is 34.6 Å². The smallest absolute Gasteiger partial charge is 0.125 e. The molecule has 0 radical (unpaired) electrons. The Labute approximate surface area is 125 Å². The lowest BCUT2D eigenvalue weighted by atomic mass is 10.1. The number of nitrogens with one attached hydrogen (secondary N) is 1. The zero-order valence-electron chi connectivity index (χ0n) is 12.1. The predicted molar refractivity (Wildman–Crippen MR) is 84.2 cm³/mol. The molecule has 0 amide bonds. The molecule has 0 saturated carbocycles. The van der Waals surface area contributed by atoms with Crippen molar-refractivity contribution in [2.75, 3.05) is 25.0 Å². The van der Waals surface area contributed by atoms with Gasteiger partial charge in [-0.2, -0.15) is 0 Å². The van der Waals surface area contributed by atoms with E-state index in [1.807, 2.05) is 36.5 Å². The van der Waals surface area contributed by atoms with E-state index >= 15 is 0 Å². The molecule has 1 aliphatic rings. The second kappa shape index (κ2) is 6.59. The molecule has 1 aromatic heterocycles. The molecule has 2 N–H and O–H groups in total. The second-order valence-corrected chi connectivity index (χ2v) is 5.66. The summed E-state index contributed by atoms with van der Waals surface area (Å²) in [6, 6.07) is 13.5. The fourth-order valence-corrected chi connectivity index (χ4v) is 2.85. The number of phenols is 1. The van der Waals surface area contributed by atoms with Crippen LogP contribution in [0.3, 0.4) is 0 Å². The summed E-state index contributed by atoms with van der Waals surface area (Å²) in [5, 5.41) is 12.9. The summed E-state index contributed by atoms with van der Waals surface area (Å²) in [6.07, 6.45) is 3.02. The van der Waals surface area contributed by atoms with Crippen molar-refractivity contribution in [2.24, 2.45) is 5.92 Å². The summed E-state index contributed by atoms with van der Waals surface area (Å²) in [4.78, 5) is 6.73. The Morgan fingerprint density at radius 2 is 2.19 bits per heavy atom. The fraction of sp³-hybridized carbons (Fsp3) is 0.353. The number of nitrogens with zero attached hydrogens (tertiary/aromatic N) is 2. The van der Waals surface area contributed by atoms with E-state index in [1.165, 1.54) is 12.0 Å². The number of phenolic OH excluding ortho intramolecular Hbond substituents is 1. The maximum atomic E-state index is 9.51. The van der Waals surface area contributed by atoms with Crippen LogP contribution in [0.4, 0.5) is 5.82 Å². The molecule has 0 unspecified atom stereocenters. The van der Waals surface area contributed by atoms with Gasteiger partial charge in [0.15, 0.2) is 0 Å². The van der Waals surface area contributed by atoms with Gasteiger partial charge in [-0.15, -0.1) is 0 Å². The van der Waals surface area contributed by atoms with Gasteiger partial charge in [-0.25, -0.2) is 4.98 Å². The van der Waals surface area contributed by atoms with Crippen LogP contribution in [0.15, 0.2) is 48.7 Å². The Hall–Kier alpha value is -2.07. The first kappa shape index (κ1) is 13.9. The number of aromatic hydroxyl groups is 1. The van der Waals surface area contributed by atoms with E-state index in [9.17, 15) is 5.11 Å². The standard InChI is InChI=1S/C17H21N3O/c21-16-5-3-4-14(10-16)12-20-9-7-15(13-20)11-19-17-6-1-2-8-18-17/h1-6,8,10,15,21H,7,9,11-13H2,(H,18,19)/t15-/m1/s1. The minimum Gasteiger partial charge on any atom is -0.508 e. The van der Waals surface area contributed by atoms with Crippen LogP contribution in [0.25, 0.3) is 0 Å². The van der Waals surface area contributed by atoms with Gasteiger partial charge in [-0.3, -0.25) is 4.90 Å². The van der Waals surface area contributed by atoms with Crippen LogP contribution < -0.4 is 5.32 Å². The normalized spacial score (nSPS) is 18.8. The van der Waals surface area contributed by atoms with E-state index in [-0.39, 0.29) is 0 Å². The van der Waals surface area contributed by atoms with Crippen molar-refractivity contribution in [2.45, 2.75) is 13.0 Å². The monoisotopic (exact) mass is 283 g/mol. The van der Waals surface area contributed by atoms with Crippen LogP contribution in [0, 0.1) is 5.92 Å². The van der Waals surface area contributed by atoms with Gasteiger partial charge < -0.3 is 10.4 Å². The van der Waals surface area contributed by atoms with E-state index in [0.29, 0.717) is 11.7 Å². The molecule has 110 valence electrons. The Morgan fingerprint density at radius 1 is 1.24 bits per heavy atom. The molecule has 1 saturated heterocycles. The average molecular weight is 283 g/mol. The Morgan fingerprint density at radius 3 is 3.00 bits per heavy atom. The SMILES string of the molecule is Oc1cccc(CN2CC[C@H](CNc3ccccn3)C2)c1. The summed E-state index contributed by atoms with van der Waals surface area (Å²) in [6.45, 7) is 4.09. The van der Waals surface area contributed by atoms with Crippen molar-refractivity contribution in [1.82, 2.24) is 9.88 Å². The number of benzene rings is 1. The molecule has 1 atom stereocenters. The van der Waals surface area contributed by atoms with Crippen molar-refractivity contribution in [3.8, 4) is 5.75 Å². The third kappa shape index (κ3) is 3.95. The molecular weight excluding hydrogens is 262 g/mol. The van der Waals surface area contributed by atoms with Gasteiger partial charge in [-0.1, -0.05) is 18.2 Å². The highest BCUT2D eigenvalue weighted by molar-refractivity contribution is 5.33.